The van der Waals surface area contributed by atoms with Crippen LogP contribution in [0.5, 0.6) is 0 Å². The SMILES string of the molecule is CC(C)(C)CC1=C2N(C3CCCCC13)C1CCCC3CCC4B(c5ccccc5)C5C6C(CCC5N2C4C31)OC1CCCCC16. The number of ether oxygens (including phenoxy) is 1. The number of hydrogen-bond donors (Lipinski definition) is 0. The minimum Gasteiger partial charge on any atom is -0.374 e. The zero-order chi connectivity index (χ0) is 30.0. The van der Waals surface area contributed by atoms with Crippen LogP contribution in [0, 0.1) is 35.0 Å². The van der Waals surface area contributed by atoms with Gasteiger partial charge in [-0.05, 0) is 98.2 Å². The van der Waals surface area contributed by atoms with E-state index in [1.807, 2.05) is 11.4 Å². The summed E-state index contributed by atoms with van der Waals surface area (Å²) in [5.41, 5.74) is 3.95. The van der Waals surface area contributed by atoms with Crippen LogP contribution >= 0.6 is 0 Å². The Kier molecular flexibility index (Phi) is 6.70. The molecule has 0 radical (unpaired) electrons. The van der Waals surface area contributed by atoms with Crippen LogP contribution in [0.15, 0.2) is 41.7 Å². The lowest BCUT2D eigenvalue weighted by Gasteiger charge is -2.69. The fourth-order valence-electron chi connectivity index (χ4n) is 14.6. The van der Waals surface area contributed by atoms with Gasteiger partial charge < -0.3 is 14.5 Å². The largest absolute Gasteiger partial charge is 0.374 e. The van der Waals surface area contributed by atoms with Crippen molar-refractivity contribution in [3.05, 3.63) is 41.7 Å². The normalized spacial score (nSPS) is 46.6. The third kappa shape index (κ3) is 4.18. The van der Waals surface area contributed by atoms with Crippen molar-refractivity contribution in [3.8, 4) is 0 Å². The van der Waals surface area contributed by atoms with E-state index in [-0.39, 0.29) is 0 Å². The highest BCUT2D eigenvalue weighted by atomic mass is 16.5. The van der Waals surface area contributed by atoms with Gasteiger partial charge in [0.2, 0.25) is 0 Å². The predicted molar refractivity (Wildman–Crippen MR) is 185 cm³/mol. The molecule has 0 spiro atoms. The quantitative estimate of drug-likeness (QED) is 0.314. The molecule has 242 valence electrons. The molecule has 0 bridgehead atoms. The van der Waals surface area contributed by atoms with Gasteiger partial charge in [-0.1, -0.05) is 102 Å². The monoisotopic (exact) mass is 606 g/mol. The Hall–Kier alpha value is -1.42. The van der Waals surface area contributed by atoms with Crippen molar-refractivity contribution in [3.63, 3.8) is 0 Å². The van der Waals surface area contributed by atoms with E-state index >= 15 is 0 Å². The first-order chi connectivity index (χ1) is 22.0. The van der Waals surface area contributed by atoms with Gasteiger partial charge in [0.15, 0.2) is 6.71 Å². The number of benzene rings is 1. The van der Waals surface area contributed by atoms with E-state index < -0.39 is 0 Å². The van der Waals surface area contributed by atoms with Gasteiger partial charge in [0.1, 0.15) is 5.82 Å². The van der Waals surface area contributed by atoms with Crippen LogP contribution in [0.4, 0.5) is 0 Å². The summed E-state index contributed by atoms with van der Waals surface area (Å²) in [5, 5.41) is 0. The highest BCUT2D eigenvalue weighted by Crippen LogP contribution is 2.66. The van der Waals surface area contributed by atoms with Crippen molar-refractivity contribution in [2.24, 2.45) is 35.0 Å². The van der Waals surface area contributed by atoms with E-state index in [1.165, 1.54) is 103 Å². The fourth-order valence-corrected chi connectivity index (χ4v) is 14.6. The van der Waals surface area contributed by atoms with E-state index in [0.717, 1.165) is 59.3 Å². The molecule has 0 aromatic heterocycles. The molecule has 8 fully saturated rings. The van der Waals surface area contributed by atoms with Crippen molar-refractivity contribution in [2.75, 3.05) is 0 Å². The van der Waals surface area contributed by atoms with Gasteiger partial charge in [-0.2, -0.15) is 0 Å². The summed E-state index contributed by atoms with van der Waals surface area (Å²) in [7, 11) is 0. The topological polar surface area (TPSA) is 15.7 Å². The fraction of sp³-hybridized carbons (Fsp3) is 0.805. The van der Waals surface area contributed by atoms with Crippen molar-refractivity contribution in [2.45, 2.75) is 172 Å². The molecule has 4 heterocycles. The van der Waals surface area contributed by atoms with E-state index in [4.69, 9.17) is 4.74 Å². The minimum atomic E-state index is 0.340. The van der Waals surface area contributed by atoms with E-state index in [2.05, 4.69) is 60.9 Å². The molecule has 3 saturated heterocycles. The van der Waals surface area contributed by atoms with Gasteiger partial charge in [0, 0.05) is 36.0 Å². The summed E-state index contributed by atoms with van der Waals surface area (Å²) >= 11 is 0. The maximum absolute atomic E-state index is 7.11. The van der Waals surface area contributed by atoms with Crippen LogP contribution in [-0.4, -0.2) is 52.9 Å². The molecule has 4 aliphatic heterocycles. The summed E-state index contributed by atoms with van der Waals surface area (Å²) in [5.74, 6) is 7.58. The second-order valence-corrected chi connectivity index (χ2v) is 18.8. The van der Waals surface area contributed by atoms with Crippen LogP contribution in [0.3, 0.4) is 0 Å². The molecular weight excluding hydrogens is 547 g/mol. The first-order valence-electron chi connectivity index (χ1n) is 20.0. The highest BCUT2D eigenvalue weighted by Gasteiger charge is 2.68. The Bertz CT molecular complexity index is 1320. The molecule has 5 saturated carbocycles. The number of rotatable bonds is 2. The molecule has 4 heteroatoms. The molecule has 10 rings (SSSR count). The van der Waals surface area contributed by atoms with Gasteiger partial charge in [-0.3, -0.25) is 0 Å². The Labute approximate surface area is 274 Å². The molecule has 3 nitrogen and oxygen atoms in total. The van der Waals surface area contributed by atoms with Crippen molar-refractivity contribution in [1.29, 1.82) is 0 Å². The van der Waals surface area contributed by atoms with Crippen LogP contribution < -0.4 is 5.46 Å². The van der Waals surface area contributed by atoms with Crippen molar-refractivity contribution >= 4 is 12.2 Å². The van der Waals surface area contributed by atoms with E-state index in [1.54, 1.807) is 5.46 Å². The van der Waals surface area contributed by atoms with Gasteiger partial charge in [0.25, 0.3) is 0 Å². The molecule has 45 heavy (non-hydrogen) atoms. The smallest absolute Gasteiger partial charge is 0.186 e. The first kappa shape index (κ1) is 28.6. The number of nitrogens with zero attached hydrogens (tertiary/aromatic N) is 2. The number of hydrogen-bond acceptors (Lipinski definition) is 3. The van der Waals surface area contributed by atoms with Crippen LogP contribution in [0.2, 0.25) is 11.6 Å². The second kappa shape index (κ2) is 10.5. The molecule has 13 atom stereocenters. The average Bonchev–Trinajstić information content (AvgIpc) is 3.59. The zero-order valence-corrected chi connectivity index (χ0v) is 28.6. The molecule has 9 aliphatic rings. The molecule has 1 aromatic carbocycles. The van der Waals surface area contributed by atoms with Crippen LogP contribution in [0.1, 0.15) is 124 Å². The van der Waals surface area contributed by atoms with Gasteiger partial charge in [-0.15, -0.1) is 0 Å². The predicted octanol–water partition coefficient (Wildman–Crippen LogP) is 8.66. The molecule has 0 amide bonds. The Morgan fingerprint density at radius 2 is 1.51 bits per heavy atom. The summed E-state index contributed by atoms with van der Waals surface area (Å²) < 4.78 is 7.11. The van der Waals surface area contributed by atoms with E-state index in [0.29, 0.717) is 30.4 Å². The third-order valence-corrected chi connectivity index (χ3v) is 15.6. The first-order valence-corrected chi connectivity index (χ1v) is 20.0. The van der Waals surface area contributed by atoms with Gasteiger partial charge in [0.05, 0.1) is 12.2 Å². The summed E-state index contributed by atoms with van der Waals surface area (Å²) in [6, 6.07) is 15.2. The van der Waals surface area contributed by atoms with Gasteiger partial charge >= 0.3 is 0 Å². The second-order valence-electron chi connectivity index (χ2n) is 18.8. The lowest BCUT2D eigenvalue weighted by atomic mass is 9.21. The zero-order valence-electron chi connectivity index (χ0n) is 28.6. The molecule has 1 aromatic rings. The average molecular weight is 607 g/mol. The Balaban J connectivity index is 1.18. The van der Waals surface area contributed by atoms with Crippen LogP contribution in [0.25, 0.3) is 0 Å². The maximum atomic E-state index is 7.11. The Morgan fingerprint density at radius 3 is 2.38 bits per heavy atom. The van der Waals surface area contributed by atoms with Crippen molar-refractivity contribution in [1.82, 2.24) is 9.80 Å². The summed E-state index contributed by atoms with van der Waals surface area (Å²) in [6.45, 7) is 8.30. The summed E-state index contributed by atoms with van der Waals surface area (Å²) in [4.78, 5) is 6.57. The summed E-state index contributed by atoms with van der Waals surface area (Å²) in [6.07, 6.45) is 23.7. The lowest BCUT2D eigenvalue weighted by molar-refractivity contribution is -0.110. The van der Waals surface area contributed by atoms with Crippen LogP contribution in [-0.2, 0) is 4.74 Å². The van der Waals surface area contributed by atoms with Crippen molar-refractivity contribution < 1.29 is 4.74 Å². The third-order valence-electron chi connectivity index (χ3n) is 15.6. The molecule has 0 N–H and O–H groups in total. The Morgan fingerprint density at radius 1 is 0.711 bits per heavy atom. The lowest BCUT2D eigenvalue weighted by Crippen LogP contribution is -2.74. The molecule has 5 aliphatic carbocycles. The molecular formula is C41H59BN2O. The van der Waals surface area contributed by atoms with E-state index in [9.17, 15) is 0 Å². The number of fused-ring (bicyclic) bond motifs is 11. The maximum Gasteiger partial charge on any atom is 0.186 e. The van der Waals surface area contributed by atoms with Gasteiger partial charge in [-0.25, -0.2) is 0 Å². The standard InChI is InChI=1S/C41H59BN2O/c1-41(2,3)24-29-27-15-7-9-17-31(27)43-32-18-11-12-25-20-21-30-39(36(25)32)44(40(29)43)33-22-23-35-37(28-16-8-10-19-34(28)45-35)38(33)42(30)26-13-5-4-6-14-26/h4-6,13-14,25,27-28,30-39H,7-12,15-24H2,1-3H3. The molecule has 13 unspecified atom stereocenters. The highest BCUT2D eigenvalue weighted by molar-refractivity contribution is 6.76. The minimum absolute atomic E-state index is 0.340.